The second kappa shape index (κ2) is 6.76. The highest BCUT2D eigenvalue weighted by molar-refractivity contribution is 6.55. The summed E-state index contributed by atoms with van der Waals surface area (Å²) in [5.74, 6) is 0.957. The van der Waals surface area contributed by atoms with E-state index < -0.39 is 9.04 Å². The minimum absolute atomic E-state index is 0.369. The second-order valence-corrected chi connectivity index (χ2v) is 8.54. The molecule has 0 saturated heterocycles. The van der Waals surface area contributed by atoms with Gasteiger partial charge in [0.1, 0.15) is 0 Å². The Morgan fingerprint density at radius 2 is 2.00 bits per heavy atom. The molecule has 1 N–H and O–H groups in total. The average Bonchev–Trinajstić information content (AvgIpc) is 2.14. The molecular weight excluding hydrogens is 194 g/mol. The van der Waals surface area contributed by atoms with Crippen molar-refractivity contribution in [2.45, 2.75) is 45.2 Å². The third-order valence-corrected chi connectivity index (χ3v) is 6.50. The zero-order valence-electron chi connectivity index (χ0n) is 9.01. The molecule has 13 heavy (non-hydrogen) atoms. The molecule has 0 aromatic heterocycles. The quantitative estimate of drug-likeness (QED) is 0.551. The molecule has 0 aliphatic heterocycles. The third kappa shape index (κ3) is 5.62. The van der Waals surface area contributed by atoms with Crippen LogP contribution in [0, 0.1) is 5.92 Å². The van der Waals surface area contributed by atoms with Gasteiger partial charge in [0.15, 0.2) is 9.04 Å². The van der Waals surface area contributed by atoms with Gasteiger partial charge >= 0.3 is 0 Å². The van der Waals surface area contributed by atoms with Crippen LogP contribution in [0.3, 0.4) is 0 Å². The van der Waals surface area contributed by atoms with Crippen LogP contribution in [0.15, 0.2) is 0 Å². The minimum atomic E-state index is -0.745. The van der Waals surface area contributed by atoms with E-state index in [1.54, 1.807) is 0 Å². The molecule has 0 atom stereocenters. The van der Waals surface area contributed by atoms with Gasteiger partial charge in [-0.15, -0.1) is 0 Å². The summed E-state index contributed by atoms with van der Waals surface area (Å²) < 4.78 is 5.70. The lowest BCUT2D eigenvalue weighted by molar-refractivity contribution is 0.355. The largest absolute Gasteiger partial charge is 0.452 e. The van der Waals surface area contributed by atoms with E-state index in [0.29, 0.717) is 0 Å². The Labute approximate surface area is 86.2 Å². The fraction of sp³-hybridized carbons (Fsp3) is 1.00. The fourth-order valence-corrected chi connectivity index (χ4v) is 4.21. The van der Waals surface area contributed by atoms with Crippen LogP contribution < -0.4 is 4.98 Å². The van der Waals surface area contributed by atoms with Gasteiger partial charge in [-0.25, -0.2) is 0 Å². The van der Waals surface area contributed by atoms with Crippen LogP contribution in [-0.4, -0.2) is 25.5 Å². The summed E-state index contributed by atoms with van der Waals surface area (Å²) in [6.45, 7) is 5.72. The standard InChI is InChI=1S/C9H23NOSi2/c1-13(2)11-12-10-8-9-6-4-3-5-7-9/h9-10,13H,3-8,12H2,1-2H3. The lowest BCUT2D eigenvalue weighted by atomic mass is 9.90. The Kier molecular flexibility index (Phi) is 5.94. The first-order valence-electron chi connectivity index (χ1n) is 5.61. The highest BCUT2D eigenvalue weighted by Gasteiger charge is 2.12. The minimum Gasteiger partial charge on any atom is -0.452 e. The van der Waals surface area contributed by atoms with Crippen LogP contribution in [0.2, 0.25) is 13.1 Å². The van der Waals surface area contributed by atoms with Crippen molar-refractivity contribution in [2.24, 2.45) is 5.92 Å². The smallest absolute Gasteiger partial charge is 0.224 e. The van der Waals surface area contributed by atoms with Crippen molar-refractivity contribution in [1.82, 2.24) is 4.98 Å². The summed E-state index contributed by atoms with van der Waals surface area (Å²) >= 11 is 0. The maximum absolute atomic E-state index is 5.70. The van der Waals surface area contributed by atoms with E-state index in [1.807, 2.05) is 0 Å². The van der Waals surface area contributed by atoms with Gasteiger partial charge in [-0.05, 0) is 38.4 Å². The normalized spacial score (nSPS) is 20.5. The van der Waals surface area contributed by atoms with Gasteiger partial charge in [0.05, 0.1) is 0 Å². The van der Waals surface area contributed by atoms with Crippen molar-refractivity contribution in [1.29, 1.82) is 0 Å². The molecule has 0 unspecified atom stereocenters. The van der Waals surface area contributed by atoms with Gasteiger partial charge in [-0.1, -0.05) is 19.3 Å². The Hall–Kier alpha value is 0.354. The number of rotatable bonds is 5. The maximum atomic E-state index is 5.70. The van der Waals surface area contributed by atoms with E-state index in [9.17, 15) is 0 Å². The van der Waals surface area contributed by atoms with Crippen LogP contribution in [0.5, 0.6) is 0 Å². The molecule has 0 amide bonds. The van der Waals surface area contributed by atoms with E-state index in [1.165, 1.54) is 38.6 Å². The summed E-state index contributed by atoms with van der Waals surface area (Å²) in [6.07, 6.45) is 7.26. The average molecular weight is 217 g/mol. The first-order valence-corrected chi connectivity index (χ1v) is 9.68. The maximum Gasteiger partial charge on any atom is 0.224 e. The van der Waals surface area contributed by atoms with Gasteiger partial charge in [0, 0.05) is 0 Å². The number of hydrogen-bond donors (Lipinski definition) is 1. The molecule has 1 rings (SSSR count). The Bertz CT molecular complexity index is 127. The number of nitrogens with one attached hydrogen (secondary N) is 1. The van der Waals surface area contributed by atoms with Crippen molar-refractivity contribution in [3.8, 4) is 0 Å². The van der Waals surface area contributed by atoms with Crippen molar-refractivity contribution < 1.29 is 4.12 Å². The fourth-order valence-electron chi connectivity index (χ4n) is 1.88. The Balaban J connectivity index is 1.92. The summed E-state index contributed by atoms with van der Waals surface area (Å²) in [4.78, 5) is 3.54. The first-order chi connectivity index (χ1) is 6.29. The van der Waals surface area contributed by atoms with Crippen molar-refractivity contribution in [3.05, 3.63) is 0 Å². The summed E-state index contributed by atoms with van der Waals surface area (Å²) in [5, 5.41) is 0. The van der Waals surface area contributed by atoms with Gasteiger partial charge in [-0.3, -0.25) is 0 Å². The molecule has 0 heterocycles. The molecule has 1 aliphatic rings. The van der Waals surface area contributed by atoms with Gasteiger partial charge in [-0.2, -0.15) is 0 Å². The van der Waals surface area contributed by atoms with Gasteiger partial charge < -0.3 is 9.10 Å². The van der Waals surface area contributed by atoms with Crippen LogP contribution in [0.1, 0.15) is 32.1 Å². The summed E-state index contributed by atoms with van der Waals surface area (Å²) in [5.41, 5.74) is 0. The van der Waals surface area contributed by atoms with Crippen molar-refractivity contribution in [3.63, 3.8) is 0 Å². The summed E-state index contributed by atoms with van der Waals surface area (Å²) in [6, 6.07) is 0. The van der Waals surface area contributed by atoms with E-state index in [-0.39, 0.29) is 9.92 Å². The zero-order chi connectivity index (χ0) is 9.52. The van der Waals surface area contributed by atoms with Crippen LogP contribution >= 0.6 is 0 Å². The van der Waals surface area contributed by atoms with Gasteiger partial charge in [0.25, 0.3) is 0 Å². The molecule has 4 heteroatoms. The molecule has 0 radical (unpaired) electrons. The molecule has 2 nitrogen and oxygen atoms in total. The number of hydrogen-bond acceptors (Lipinski definition) is 2. The molecule has 0 aromatic carbocycles. The summed E-state index contributed by atoms with van der Waals surface area (Å²) in [7, 11) is -1.11. The zero-order valence-corrected chi connectivity index (χ0v) is 11.6. The van der Waals surface area contributed by atoms with Crippen molar-refractivity contribution >= 4 is 19.0 Å². The molecule has 0 bridgehead atoms. The molecular formula is C9H23NOSi2. The molecule has 1 fully saturated rings. The molecule has 1 aliphatic carbocycles. The first kappa shape index (κ1) is 11.4. The lowest BCUT2D eigenvalue weighted by Crippen LogP contribution is -2.31. The lowest BCUT2D eigenvalue weighted by Gasteiger charge is -2.21. The van der Waals surface area contributed by atoms with Gasteiger partial charge in [0.2, 0.25) is 9.92 Å². The predicted molar refractivity (Wildman–Crippen MR) is 63.1 cm³/mol. The second-order valence-electron chi connectivity index (χ2n) is 4.32. The van der Waals surface area contributed by atoms with Crippen molar-refractivity contribution in [2.75, 3.05) is 6.54 Å². The van der Waals surface area contributed by atoms with Crippen LogP contribution in [0.25, 0.3) is 0 Å². The van der Waals surface area contributed by atoms with Crippen LogP contribution in [0.4, 0.5) is 0 Å². The molecule has 1 saturated carbocycles. The monoisotopic (exact) mass is 217 g/mol. The Morgan fingerprint density at radius 3 is 2.62 bits per heavy atom. The topological polar surface area (TPSA) is 21.3 Å². The molecule has 78 valence electrons. The van der Waals surface area contributed by atoms with E-state index in [0.717, 1.165) is 5.92 Å². The highest BCUT2D eigenvalue weighted by atomic mass is 28.3. The Morgan fingerprint density at radius 1 is 1.31 bits per heavy atom. The van der Waals surface area contributed by atoms with E-state index >= 15 is 0 Å². The van der Waals surface area contributed by atoms with E-state index in [4.69, 9.17) is 4.12 Å². The third-order valence-electron chi connectivity index (χ3n) is 2.68. The predicted octanol–water partition coefficient (Wildman–Crippen LogP) is 1.16. The SMILES string of the molecule is C[SiH](C)O[SiH2]NCC1CCCCC1. The van der Waals surface area contributed by atoms with Crippen LogP contribution in [-0.2, 0) is 4.12 Å². The molecule has 0 spiro atoms. The van der Waals surface area contributed by atoms with E-state index in [2.05, 4.69) is 18.1 Å². The highest BCUT2D eigenvalue weighted by Crippen LogP contribution is 2.22. The molecule has 0 aromatic rings.